The molecule has 0 atom stereocenters. The predicted molar refractivity (Wildman–Crippen MR) is 106 cm³/mol. The van der Waals surface area contributed by atoms with Crippen LogP contribution in [0.5, 0.6) is 0 Å². The molecule has 0 unspecified atom stereocenters. The van der Waals surface area contributed by atoms with Crippen LogP contribution < -0.4 is 10.6 Å². The van der Waals surface area contributed by atoms with E-state index < -0.39 is 0 Å². The largest absolute Gasteiger partial charge is 0.379 e. The third-order valence-corrected chi connectivity index (χ3v) is 4.47. The van der Waals surface area contributed by atoms with Crippen molar-refractivity contribution in [2.45, 2.75) is 26.2 Å². The summed E-state index contributed by atoms with van der Waals surface area (Å²) < 4.78 is 5.38. The normalized spacial score (nSPS) is 15.7. The molecule has 1 aliphatic heterocycles. The molecule has 140 valence electrons. The van der Waals surface area contributed by atoms with Crippen LogP contribution in [0.15, 0.2) is 36.5 Å². The molecule has 1 aromatic carbocycles. The van der Waals surface area contributed by atoms with E-state index in [1.54, 1.807) is 6.20 Å². The van der Waals surface area contributed by atoms with E-state index in [9.17, 15) is 0 Å². The zero-order valence-corrected chi connectivity index (χ0v) is 16.0. The molecule has 1 aromatic heterocycles. The molecule has 6 nitrogen and oxygen atoms in total. The molecule has 1 fully saturated rings. The Kier molecular flexibility index (Phi) is 6.06. The van der Waals surface area contributed by atoms with Gasteiger partial charge in [-0.25, -0.2) is 4.98 Å². The van der Waals surface area contributed by atoms with Crippen LogP contribution in [0, 0.1) is 0 Å². The maximum Gasteiger partial charge on any atom is 0.224 e. The number of benzene rings is 1. The number of ether oxygens (including phenoxy) is 1. The minimum Gasteiger partial charge on any atom is -0.379 e. The highest BCUT2D eigenvalue weighted by Gasteiger charge is 2.17. The zero-order valence-electron chi connectivity index (χ0n) is 16.0. The van der Waals surface area contributed by atoms with Gasteiger partial charge in [0.05, 0.1) is 13.2 Å². The second-order valence-electron chi connectivity index (χ2n) is 7.57. The molecule has 1 saturated heterocycles. The highest BCUT2D eigenvalue weighted by molar-refractivity contribution is 5.62. The number of nitrogens with one attached hydrogen (secondary N) is 2. The van der Waals surface area contributed by atoms with E-state index in [1.165, 1.54) is 5.56 Å². The summed E-state index contributed by atoms with van der Waals surface area (Å²) in [4.78, 5) is 11.3. The van der Waals surface area contributed by atoms with Gasteiger partial charge in [-0.1, -0.05) is 39.0 Å². The molecular formula is C20H29N5O. The van der Waals surface area contributed by atoms with E-state index in [0.29, 0.717) is 5.95 Å². The van der Waals surface area contributed by atoms with E-state index >= 15 is 0 Å². The fourth-order valence-corrected chi connectivity index (χ4v) is 3.05. The molecule has 0 radical (unpaired) electrons. The van der Waals surface area contributed by atoms with Gasteiger partial charge in [-0.15, -0.1) is 0 Å². The van der Waals surface area contributed by atoms with Gasteiger partial charge in [0.25, 0.3) is 0 Å². The zero-order chi connectivity index (χ0) is 18.4. The van der Waals surface area contributed by atoms with Crippen LogP contribution in [0.3, 0.4) is 0 Å². The van der Waals surface area contributed by atoms with Gasteiger partial charge in [0.1, 0.15) is 5.82 Å². The summed E-state index contributed by atoms with van der Waals surface area (Å²) in [6.45, 7) is 12.1. The Morgan fingerprint density at radius 1 is 1.12 bits per heavy atom. The predicted octanol–water partition coefficient (Wildman–Crippen LogP) is 3.26. The molecule has 0 saturated carbocycles. The Balaban J connectivity index is 1.61. The number of hydrogen-bond acceptors (Lipinski definition) is 6. The first kappa shape index (κ1) is 18.6. The molecule has 0 spiro atoms. The van der Waals surface area contributed by atoms with Crippen LogP contribution in [0.25, 0.3) is 0 Å². The summed E-state index contributed by atoms with van der Waals surface area (Å²) in [5.41, 5.74) is 2.41. The lowest BCUT2D eigenvalue weighted by Crippen LogP contribution is -2.39. The van der Waals surface area contributed by atoms with Crippen LogP contribution in [-0.4, -0.2) is 54.3 Å². The third-order valence-electron chi connectivity index (χ3n) is 4.47. The Bertz CT molecular complexity index is 707. The number of morpholine rings is 1. The number of nitrogens with zero attached hydrogens (tertiary/aromatic N) is 3. The van der Waals surface area contributed by atoms with Crippen molar-refractivity contribution < 1.29 is 4.74 Å². The fraction of sp³-hybridized carbons (Fsp3) is 0.500. The van der Waals surface area contributed by atoms with Crippen molar-refractivity contribution in [3.05, 3.63) is 42.1 Å². The third kappa shape index (κ3) is 5.16. The Hall–Kier alpha value is -2.18. The van der Waals surface area contributed by atoms with E-state index in [2.05, 4.69) is 64.5 Å². The van der Waals surface area contributed by atoms with Gasteiger partial charge in [-0.05, 0) is 23.1 Å². The molecule has 1 aliphatic rings. The molecule has 2 N–H and O–H groups in total. The van der Waals surface area contributed by atoms with Crippen LogP contribution in [0.1, 0.15) is 26.3 Å². The Labute approximate surface area is 156 Å². The molecule has 2 heterocycles. The molecule has 0 amide bonds. The highest BCUT2D eigenvalue weighted by Crippen LogP contribution is 2.30. The number of hydrogen-bond donors (Lipinski definition) is 2. The van der Waals surface area contributed by atoms with Crippen molar-refractivity contribution in [3.8, 4) is 0 Å². The second-order valence-corrected chi connectivity index (χ2v) is 7.57. The summed E-state index contributed by atoms with van der Waals surface area (Å²) >= 11 is 0. The first-order valence-electron chi connectivity index (χ1n) is 9.26. The second kappa shape index (κ2) is 8.47. The van der Waals surface area contributed by atoms with E-state index in [4.69, 9.17) is 4.74 Å². The molecule has 26 heavy (non-hydrogen) atoms. The van der Waals surface area contributed by atoms with Crippen LogP contribution >= 0.6 is 0 Å². The van der Waals surface area contributed by atoms with Gasteiger partial charge < -0.3 is 15.4 Å². The van der Waals surface area contributed by atoms with E-state index in [1.807, 2.05) is 12.1 Å². The lowest BCUT2D eigenvalue weighted by atomic mass is 9.86. The minimum absolute atomic E-state index is 0.0653. The molecule has 3 rings (SSSR count). The number of rotatable bonds is 6. The summed E-state index contributed by atoms with van der Waals surface area (Å²) in [5.74, 6) is 1.45. The number of anilines is 3. The van der Waals surface area contributed by atoms with E-state index in [0.717, 1.165) is 50.9 Å². The summed E-state index contributed by atoms with van der Waals surface area (Å²) in [5, 5.41) is 6.76. The lowest BCUT2D eigenvalue weighted by molar-refractivity contribution is 0.0398. The monoisotopic (exact) mass is 355 g/mol. The quantitative estimate of drug-likeness (QED) is 0.829. The van der Waals surface area contributed by atoms with Crippen molar-refractivity contribution in [2.75, 3.05) is 50.0 Å². The molecule has 2 aromatic rings. The minimum atomic E-state index is 0.0653. The molecule has 0 aliphatic carbocycles. The molecular weight excluding hydrogens is 326 g/mol. The average molecular weight is 355 g/mol. The standard InChI is InChI=1S/C20H29N5O/c1-20(2,3)16-6-4-5-7-17(16)23-18-8-9-21-19(24-18)22-10-11-25-12-14-26-15-13-25/h4-9H,10-15H2,1-3H3,(H2,21,22,23,24). The van der Waals surface area contributed by atoms with Gasteiger partial charge in [0.2, 0.25) is 5.95 Å². The number of para-hydroxylation sites is 1. The van der Waals surface area contributed by atoms with Gasteiger partial charge in [-0.3, -0.25) is 4.90 Å². The Morgan fingerprint density at radius 2 is 1.88 bits per heavy atom. The van der Waals surface area contributed by atoms with Crippen molar-refractivity contribution >= 4 is 17.5 Å². The summed E-state index contributed by atoms with van der Waals surface area (Å²) in [7, 11) is 0. The fourth-order valence-electron chi connectivity index (χ4n) is 3.05. The van der Waals surface area contributed by atoms with Crippen molar-refractivity contribution in [3.63, 3.8) is 0 Å². The maximum atomic E-state index is 5.38. The topological polar surface area (TPSA) is 62.3 Å². The van der Waals surface area contributed by atoms with Gasteiger partial charge in [0, 0.05) is 38.1 Å². The van der Waals surface area contributed by atoms with Crippen LogP contribution in [0.4, 0.5) is 17.5 Å². The molecule has 6 heteroatoms. The van der Waals surface area contributed by atoms with Crippen LogP contribution in [-0.2, 0) is 10.2 Å². The molecule has 0 bridgehead atoms. The maximum absolute atomic E-state index is 5.38. The van der Waals surface area contributed by atoms with Gasteiger partial charge in [0.15, 0.2) is 0 Å². The lowest BCUT2D eigenvalue weighted by Gasteiger charge is -2.26. The summed E-state index contributed by atoms with van der Waals surface area (Å²) in [6, 6.07) is 10.3. The van der Waals surface area contributed by atoms with Crippen molar-refractivity contribution in [1.29, 1.82) is 0 Å². The van der Waals surface area contributed by atoms with Crippen LogP contribution in [0.2, 0.25) is 0 Å². The first-order chi connectivity index (χ1) is 12.5. The summed E-state index contributed by atoms with van der Waals surface area (Å²) in [6.07, 6.45) is 1.78. The highest BCUT2D eigenvalue weighted by atomic mass is 16.5. The first-order valence-corrected chi connectivity index (χ1v) is 9.26. The van der Waals surface area contributed by atoms with Gasteiger partial charge >= 0.3 is 0 Å². The number of aromatic nitrogens is 2. The Morgan fingerprint density at radius 3 is 2.65 bits per heavy atom. The smallest absolute Gasteiger partial charge is 0.224 e. The average Bonchev–Trinajstić information content (AvgIpc) is 2.63. The SMILES string of the molecule is CC(C)(C)c1ccccc1Nc1ccnc(NCCN2CCOCC2)n1. The van der Waals surface area contributed by atoms with Crippen molar-refractivity contribution in [1.82, 2.24) is 14.9 Å². The van der Waals surface area contributed by atoms with Crippen molar-refractivity contribution in [2.24, 2.45) is 0 Å². The van der Waals surface area contributed by atoms with Gasteiger partial charge in [-0.2, -0.15) is 4.98 Å². The van der Waals surface area contributed by atoms with E-state index in [-0.39, 0.29) is 5.41 Å².